The van der Waals surface area contributed by atoms with E-state index in [1.165, 1.54) is 38.5 Å². The van der Waals surface area contributed by atoms with Crippen LogP contribution in [0.1, 0.15) is 117 Å². The van der Waals surface area contributed by atoms with E-state index in [2.05, 4.69) is 31.3 Å². The summed E-state index contributed by atoms with van der Waals surface area (Å²) in [5.74, 6) is -0.303. The van der Waals surface area contributed by atoms with Gasteiger partial charge in [-0.3, -0.25) is 4.79 Å². The largest absolute Gasteiger partial charge is 0.394 e. The highest BCUT2D eigenvalue weighted by molar-refractivity contribution is 5.76. The highest BCUT2D eigenvalue weighted by Crippen LogP contribution is 2.33. The fourth-order valence-electron chi connectivity index (χ4n) is 7.79. The average molecular weight is 910 g/mol. The minimum atomic E-state index is -1.98. The number of unbranched alkanes of at least 4 members (excludes halogenated alkanes) is 12. The van der Waals surface area contributed by atoms with Gasteiger partial charge >= 0.3 is 0 Å². The Bertz CT molecular complexity index is 1280. The molecular weight excluding hydrogens is 830 g/mol. The summed E-state index contributed by atoms with van der Waals surface area (Å²) in [6.45, 7) is 1.52. The molecule has 3 aliphatic heterocycles. The van der Waals surface area contributed by atoms with Crippen molar-refractivity contribution in [3.8, 4) is 0 Å². The fourth-order valence-corrected chi connectivity index (χ4v) is 7.79. The monoisotopic (exact) mass is 910 g/mol. The Kier molecular flexibility index (Phi) is 26.9. The minimum absolute atomic E-state index is 0.231. The average Bonchev–Trinajstić information content (AvgIpc) is 3.28. The van der Waals surface area contributed by atoms with E-state index >= 15 is 0 Å². The van der Waals surface area contributed by atoms with Crippen LogP contribution in [0.4, 0.5) is 0 Å². The molecule has 0 aromatic carbocycles. The Labute approximate surface area is 371 Å². The molecule has 0 radical (unpaired) electrons. The van der Waals surface area contributed by atoms with Crippen LogP contribution in [0.25, 0.3) is 0 Å². The van der Waals surface area contributed by atoms with E-state index in [-0.39, 0.29) is 18.9 Å². The Morgan fingerprint density at radius 3 is 1.59 bits per heavy atom. The Morgan fingerprint density at radius 1 is 0.556 bits per heavy atom. The van der Waals surface area contributed by atoms with Crippen molar-refractivity contribution in [3.05, 3.63) is 24.3 Å². The Hall–Kier alpha value is -1.73. The zero-order chi connectivity index (χ0) is 46.3. The van der Waals surface area contributed by atoms with Gasteiger partial charge in [-0.05, 0) is 32.1 Å². The molecule has 19 heteroatoms. The molecule has 0 aromatic rings. The third-order valence-electron chi connectivity index (χ3n) is 11.8. The van der Waals surface area contributed by atoms with Crippen LogP contribution in [-0.2, 0) is 33.2 Å². The van der Waals surface area contributed by atoms with Crippen LogP contribution in [-0.4, -0.2) is 193 Å². The molecule has 3 fully saturated rings. The SMILES string of the molecule is CCCCCCCCC/C=C/CC/C=C/C(O)C(COC1OC(CO)C(OC2OC(CO)C(OC3OC(CO)C(O)C(O)C3O)C(O)C2O)C(O)C1O)NC(=O)CCCCCCC. The number of allylic oxidation sites excluding steroid dienone is 3. The number of aliphatic hydroxyl groups is 11. The van der Waals surface area contributed by atoms with Crippen molar-refractivity contribution in [1.82, 2.24) is 5.32 Å². The molecule has 3 saturated heterocycles. The molecule has 1 amide bonds. The molecule has 368 valence electrons. The highest BCUT2D eigenvalue weighted by Gasteiger charge is 2.53. The maximum atomic E-state index is 13.0. The van der Waals surface area contributed by atoms with Gasteiger partial charge in [0.2, 0.25) is 5.91 Å². The predicted molar refractivity (Wildman–Crippen MR) is 226 cm³/mol. The lowest BCUT2D eigenvalue weighted by molar-refractivity contribution is -0.379. The van der Waals surface area contributed by atoms with Crippen LogP contribution >= 0.6 is 0 Å². The van der Waals surface area contributed by atoms with Crippen LogP contribution in [0.5, 0.6) is 0 Å². The number of amides is 1. The second kappa shape index (κ2) is 30.5. The number of carbonyl (C=O) groups excluding carboxylic acids is 1. The minimum Gasteiger partial charge on any atom is -0.394 e. The van der Waals surface area contributed by atoms with Crippen molar-refractivity contribution in [2.45, 2.75) is 221 Å². The van der Waals surface area contributed by atoms with Crippen LogP contribution in [0.3, 0.4) is 0 Å². The van der Waals surface area contributed by atoms with Gasteiger partial charge in [0.05, 0.1) is 38.6 Å². The van der Waals surface area contributed by atoms with E-state index in [0.717, 1.165) is 44.9 Å². The number of ether oxygens (including phenoxy) is 6. The quantitative estimate of drug-likeness (QED) is 0.0325. The smallest absolute Gasteiger partial charge is 0.220 e. The van der Waals surface area contributed by atoms with E-state index in [9.17, 15) is 61.0 Å². The molecule has 63 heavy (non-hydrogen) atoms. The van der Waals surface area contributed by atoms with Gasteiger partial charge in [0, 0.05) is 6.42 Å². The first-order valence-corrected chi connectivity index (χ1v) is 23.1. The number of aliphatic hydroxyl groups excluding tert-OH is 11. The zero-order valence-corrected chi connectivity index (χ0v) is 37.0. The lowest BCUT2D eigenvalue weighted by Gasteiger charge is -2.48. The molecule has 0 aliphatic carbocycles. The Morgan fingerprint density at radius 2 is 1.02 bits per heavy atom. The summed E-state index contributed by atoms with van der Waals surface area (Å²) in [6, 6.07) is -0.979. The summed E-state index contributed by atoms with van der Waals surface area (Å²) >= 11 is 0. The normalized spacial score (nSPS) is 35.0. The second-order valence-corrected chi connectivity index (χ2v) is 16.9. The molecule has 3 aliphatic rings. The van der Waals surface area contributed by atoms with Crippen molar-refractivity contribution in [2.75, 3.05) is 26.4 Å². The zero-order valence-electron chi connectivity index (χ0n) is 37.0. The van der Waals surface area contributed by atoms with E-state index in [0.29, 0.717) is 12.8 Å². The number of hydrogen-bond donors (Lipinski definition) is 12. The first-order valence-electron chi connectivity index (χ1n) is 23.1. The molecule has 0 aromatic heterocycles. The summed E-state index contributed by atoms with van der Waals surface area (Å²) < 4.78 is 33.9. The third kappa shape index (κ3) is 17.8. The maximum Gasteiger partial charge on any atom is 0.220 e. The molecule has 0 saturated carbocycles. The second-order valence-electron chi connectivity index (χ2n) is 16.9. The van der Waals surface area contributed by atoms with Crippen molar-refractivity contribution in [2.24, 2.45) is 0 Å². The lowest BCUT2D eigenvalue weighted by Crippen LogP contribution is -2.66. The number of carbonyl (C=O) groups is 1. The molecule has 17 atom stereocenters. The van der Waals surface area contributed by atoms with Crippen LogP contribution < -0.4 is 5.32 Å². The van der Waals surface area contributed by atoms with Gasteiger partial charge in [-0.1, -0.05) is 102 Å². The van der Waals surface area contributed by atoms with Crippen molar-refractivity contribution in [3.63, 3.8) is 0 Å². The molecule has 19 nitrogen and oxygen atoms in total. The van der Waals surface area contributed by atoms with E-state index in [1.54, 1.807) is 6.08 Å². The van der Waals surface area contributed by atoms with E-state index < -0.39 is 124 Å². The van der Waals surface area contributed by atoms with Crippen molar-refractivity contribution in [1.29, 1.82) is 0 Å². The van der Waals surface area contributed by atoms with Gasteiger partial charge < -0.3 is 89.9 Å². The summed E-state index contributed by atoms with van der Waals surface area (Å²) in [5.41, 5.74) is 0. The van der Waals surface area contributed by atoms with Gasteiger partial charge in [-0.25, -0.2) is 0 Å². The number of nitrogens with one attached hydrogen (secondary N) is 1. The summed E-state index contributed by atoms with van der Waals surface area (Å²) in [6.07, 6.45) is -3.07. The molecule has 3 heterocycles. The van der Waals surface area contributed by atoms with Gasteiger partial charge in [-0.15, -0.1) is 0 Å². The first-order chi connectivity index (χ1) is 30.3. The van der Waals surface area contributed by atoms with Crippen LogP contribution in [0.2, 0.25) is 0 Å². The molecule has 0 spiro atoms. The summed E-state index contributed by atoms with van der Waals surface area (Å²) in [7, 11) is 0. The van der Waals surface area contributed by atoms with E-state index in [1.807, 2.05) is 6.08 Å². The van der Waals surface area contributed by atoms with Crippen LogP contribution in [0, 0.1) is 0 Å². The lowest BCUT2D eigenvalue weighted by atomic mass is 9.96. The van der Waals surface area contributed by atoms with Gasteiger partial charge in [0.1, 0.15) is 73.2 Å². The van der Waals surface area contributed by atoms with Gasteiger partial charge in [0.15, 0.2) is 18.9 Å². The Balaban J connectivity index is 1.59. The summed E-state index contributed by atoms with van der Waals surface area (Å²) in [5, 5.41) is 119. The molecule has 0 bridgehead atoms. The van der Waals surface area contributed by atoms with Crippen LogP contribution in [0.15, 0.2) is 24.3 Å². The standard InChI is InChI=1S/C44H79NO18/c1-3-5-7-9-10-11-12-13-14-15-16-18-19-21-28(49)27(45-32(50)22-20-17-8-6-4-2)26-58-42-38(56)35(53)40(30(24-47)60-42)63-44-39(57)36(54)41(31(25-48)61-44)62-43-37(55)34(52)33(51)29(23-46)59-43/h14-15,19,21,27-31,33-44,46-49,51-57H,3-13,16-18,20,22-26H2,1-2H3,(H,45,50)/b15-14+,21-19+. The van der Waals surface area contributed by atoms with Crippen molar-refractivity contribution >= 4 is 5.91 Å². The van der Waals surface area contributed by atoms with Gasteiger partial charge in [0.25, 0.3) is 0 Å². The van der Waals surface area contributed by atoms with Crippen molar-refractivity contribution < 1.29 is 89.4 Å². The topological polar surface area (TPSA) is 307 Å². The number of hydrogen-bond acceptors (Lipinski definition) is 18. The molecule has 3 rings (SSSR count). The van der Waals surface area contributed by atoms with Gasteiger partial charge in [-0.2, -0.15) is 0 Å². The van der Waals surface area contributed by atoms with E-state index in [4.69, 9.17) is 28.4 Å². The third-order valence-corrected chi connectivity index (χ3v) is 11.8. The predicted octanol–water partition coefficient (Wildman–Crippen LogP) is -0.309. The summed E-state index contributed by atoms with van der Waals surface area (Å²) in [4.78, 5) is 13.0. The highest BCUT2D eigenvalue weighted by atomic mass is 16.8. The molecule has 17 unspecified atom stereocenters. The first kappa shape index (κ1) is 55.6. The molecule has 12 N–H and O–H groups in total. The molecular formula is C44H79NO18. The maximum absolute atomic E-state index is 13.0. The number of rotatable bonds is 30. The fraction of sp³-hybridized carbons (Fsp3) is 0.886.